The average Bonchev–Trinajstić information content (AvgIpc) is 2.76. The molecule has 0 amide bonds. The molecule has 1 unspecified atom stereocenters. The van der Waals surface area contributed by atoms with E-state index in [1.807, 2.05) is 27.7 Å². The molecule has 1 aliphatic heterocycles. The third-order valence-electron chi connectivity index (χ3n) is 3.65. The first-order chi connectivity index (χ1) is 9.00. The quantitative estimate of drug-likeness (QED) is 0.796. The highest BCUT2D eigenvalue weighted by Gasteiger charge is 2.43. The molecular formula is C13H18ClN3O2S. The molecule has 1 saturated heterocycles. The zero-order valence-electron chi connectivity index (χ0n) is 12.1. The van der Waals surface area contributed by atoms with Crippen molar-refractivity contribution in [1.82, 2.24) is 9.78 Å². The second-order valence-electron chi connectivity index (χ2n) is 6.63. The summed E-state index contributed by atoms with van der Waals surface area (Å²) in [4.78, 5) is 0. The summed E-state index contributed by atoms with van der Waals surface area (Å²) in [6.45, 7) is 7.67. The summed E-state index contributed by atoms with van der Waals surface area (Å²) >= 11 is 6.28. The van der Waals surface area contributed by atoms with E-state index in [0.717, 1.165) is 0 Å². The van der Waals surface area contributed by atoms with Crippen LogP contribution in [0.25, 0.3) is 0 Å². The number of halogens is 1. The second-order valence-corrected chi connectivity index (χ2v) is 9.17. The Morgan fingerprint density at radius 1 is 1.45 bits per heavy atom. The van der Waals surface area contributed by atoms with Gasteiger partial charge in [0.1, 0.15) is 16.8 Å². The molecule has 5 nitrogen and oxygen atoms in total. The Labute approximate surface area is 124 Å². The summed E-state index contributed by atoms with van der Waals surface area (Å²) < 4.78 is 25.0. The minimum Gasteiger partial charge on any atom is -0.245 e. The van der Waals surface area contributed by atoms with E-state index in [2.05, 4.69) is 11.2 Å². The molecule has 2 rings (SSSR count). The Hall–Kier alpha value is -1.06. The van der Waals surface area contributed by atoms with Gasteiger partial charge in [0.25, 0.3) is 0 Å². The second kappa shape index (κ2) is 4.47. The first-order valence-electron chi connectivity index (χ1n) is 6.40. The van der Waals surface area contributed by atoms with Crippen LogP contribution in [0, 0.1) is 11.3 Å². The van der Waals surface area contributed by atoms with Gasteiger partial charge in [-0.3, -0.25) is 0 Å². The normalized spacial score (nSPS) is 25.6. The molecule has 1 aromatic heterocycles. The fourth-order valence-corrected chi connectivity index (χ4v) is 5.02. The van der Waals surface area contributed by atoms with Crippen molar-refractivity contribution in [2.45, 2.75) is 45.1 Å². The summed E-state index contributed by atoms with van der Waals surface area (Å²) in [5.41, 5.74) is -0.0565. The smallest absolute Gasteiger partial charge is 0.152 e. The third-order valence-corrected chi connectivity index (χ3v) is 5.88. The molecule has 20 heavy (non-hydrogen) atoms. The number of rotatable bonds is 1. The van der Waals surface area contributed by atoms with Gasteiger partial charge in [0.2, 0.25) is 0 Å². The molecule has 0 bridgehead atoms. The van der Waals surface area contributed by atoms with E-state index in [0.29, 0.717) is 17.7 Å². The molecule has 1 atom stereocenters. The maximum Gasteiger partial charge on any atom is 0.152 e. The standard InChI is InChI=1S/C13H18ClN3O2S/c1-12(2,3)10-9(7-15)11(14)17(16-10)13(4)5-6-20(18,19)8-13/h5-6,8H2,1-4H3. The fourth-order valence-electron chi connectivity index (χ4n) is 2.54. The molecule has 0 aromatic carbocycles. The van der Waals surface area contributed by atoms with Crippen LogP contribution in [-0.4, -0.2) is 29.7 Å². The lowest BCUT2D eigenvalue weighted by atomic mass is 9.90. The van der Waals surface area contributed by atoms with Crippen molar-refractivity contribution in [1.29, 1.82) is 5.26 Å². The van der Waals surface area contributed by atoms with Gasteiger partial charge in [-0.1, -0.05) is 32.4 Å². The first kappa shape index (κ1) is 15.3. The fraction of sp³-hybridized carbons (Fsp3) is 0.692. The van der Waals surface area contributed by atoms with Crippen molar-refractivity contribution in [3.63, 3.8) is 0 Å². The Morgan fingerprint density at radius 2 is 2.05 bits per heavy atom. The highest BCUT2D eigenvalue weighted by molar-refractivity contribution is 7.91. The molecule has 0 aliphatic carbocycles. The van der Waals surface area contributed by atoms with Gasteiger partial charge in [0.15, 0.2) is 9.84 Å². The van der Waals surface area contributed by atoms with Crippen LogP contribution in [0.4, 0.5) is 0 Å². The summed E-state index contributed by atoms with van der Waals surface area (Å²) in [5, 5.41) is 14.0. The predicted octanol–water partition coefficient (Wildman–Crippen LogP) is 2.24. The maximum atomic E-state index is 11.7. The molecular weight excluding hydrogens is 298 g/mol. The maximum absolute atomic E-state index is 11.7. The van der Waals surface area contributed by atoms with Crippen molar-refractivity contribution in [3.05, 3.63) is 16.4 Å². The Morgan fingerprint density at radius 3 is 2.40 bits per heavy atom. The summed E-state index contributed by atoms with van der Waals surface area (Å²) in [6.07, 6.45) is 0.463. The van der Waals surface area contributed by atoms with Crippen LogP contribution in [0.15, 0.2) is 0 Å². The minimum atomic E-state index is -3.07. The van der Waals surface area contributed by atoms with Gasteiger partial charge in [0.05, 0.1) is 22.7 Å². The van der Waals surface area contributed by atoms with Crippen LogP contribution in [-0.2, 0) is 20.8 Å². The van der Waals surface area contributed by atoms with Gasteiger partial charge in [-0.2, -0.15) is 10.4 Å². The lowest BCUT2D eigenvalue weighted by molar-refractivity contribution is 0.323. The summed E-state index contributed by atoms with van der Waals surface area (Å²) in [5.74, 6) is 0.141. The Bertz CT molecular complexity index is 694. The van der Waals surface area contributed by atoms with Gasteiger partial charge < -0.3 is 0 Å². The average molecular weight is 316 g/mol. The number of hydrogen-bond acceptors (Lipinski definition) is 4. The molecule has 0 saturated carbocycles. The molecule has 1 aliphatic rings. The monoisotopic (exact) mass is 315 g/mol. The van der Waals surface area contributed by atoms with Crippen LogP contribution < -0.4 is 0 Å². The van der Waals surface area contributed by atoms with Crippen LogP contribution >= 0.6 is 11.6 Å². The van der Waals surface area contributed by atoms with E-state index < -0.39 is 15.4 Å². The van der Waals surface area contributed by atoms with Crippen molar-refractivity contribution in [3.8, 4) is 6.07 Å². The highest BCUT2D eigenvalue weighted by atomic mass is 35.5. The van der Waals surface area contributed by atoms with Crippen molar-refractivity contribution >= 4 is 21.4 Å². The molecule has 0 radical (unpaired) electrons. The topological polar surface area (TPSA) is 75.8 Å². The lowest BCUT2D eigenvalue weighted by Gasteiger charge is -2.24. The molecule has 2 heterocycles. The van der Waals surface area contributed by atoms with E-state index >= 15 is 0 Å². The van der Waals surface area contributed by atoms with Gasteiger partial charge in [0, 0.05) is 5.41 Å². The van der Waals surface area contributed by atoms with Crippen LogP contribution in [0.1, 0.15) is 45.4 Å². The van der Waals surface area contributed by atoms with Gasteiger partial charge in [-0.05, 0) is 13.3 Å². The van der Waals surface area contributed by atoms with Crippen molar-refractivity contribution in [2.75, 3.05) is 11.5 Å². The number of nitrogens with zero attached hydrogens (tertiary/aromatic N) is 3. The van der Waals surface area contributed by atoms with E-state index in [4.69, 9.17) is 11.6 Å². The van der Waals surface area contributed by atoms with Crippen LogP contribution in [0.5, 0.6) is 0 Å². The molecule has 7 heteroatoms. The van der Waals surface area contributed by atoms with E-state index in [9.17, 15) is 13.7 Å². The third kappa shape index (κ3) is 2.45. The lowest BCUT2D eigenvalue weighted by Crippen LogP contribution is -2.33. The molecule has 0 spiro atoms. The Kier molecular flexibility index (Phi) is 3.43. The van der Waals surface area contributed by atoms with Crippen molar-refractivity contribution < 1.29 is 8.42 Å². The summed E-state index contributed by atoms with van der Waals surface area (Å²) in [6, 6.07) is 2.09. The molecule has 1 fully saturated rings. The van der Waals surface area contributed by atoms with Crippen LogP contribution in [0.2, 0.25) is 5.15 Å². The zero-order valence-corrected chi connectivity index (χ0v) is 13.6. The zero-order chi connectivity index (χ0) is 15.3. The van der Waals surface area contributed by atoms with E-state index in [1.165, 1.54) is 4.68 Å². The molecule has 110 valence electrons. The number of aromatic nitrogens is 2. The predicted molar refractivity (Wildman–Crippen MR) is 77.6 cm³/mol. The molecule has 0 N–H and O–H groups in total. The SMILES string of the molecule is CC(C)(C)c1nn(C2(C)CCS(=O)(=O)C2)c(Cl)c1C#N. The number of hydrogen-bond donors (Lipinski definition) is 0. The largest absolute Gasteiger partial charge is 0.245 e. The van der Waals surface area contributed by atoms with Gasteiger partial charge in [-0.15, -0.1) is 0 Å². The van der Waals surface area contributed by atoms with Crippen LogP contribution in [0.3, 0.4) is 0 Å². The van der Waals surface area contributed by atoms with Gasteiger partial charge in [-0.25, -0.2) is 13.1 Å². The minimum absolute atomic E-state index is 0.00977. The molecule has 1 aromatic rings. The number of nitriles is 1. The van der Waals surface area contributed by atoms with Gasteiger partial charge >= 0.3 is 0 Å². The highest BCUT2D eigenvalue weighted by Crippen LogP contribution is 2.37. The van der Waals surface area contributed by atoms with E-state index in [-0.39, 0.29) is 22.1 Å². The Balaban J connectivity index is 2.61. The van der Waals surface area contributed by atoms with Crippen molar-refractivity contribution in [2.24, 2.45) is 0 Å². The number of sulfone groups is 1. The summed E-state index contributed by atoms with van der Waals surface area (Å²) in [7, 11) is -3.07. The first-order valence-corrected chi connectivity index (χ1v) is 8.60. The van der Waals surface area contributed by atoms with E-state index in [1.54, 1.807) is 0 Å².